The van der Waals surface area contributed by atoms with E-state index >= 15 is 0 Å². The summed E-state index contributed by atoms with van der Waals surface area (Å²) in [6.45, 7) is 2.96. The number of hydrogen-bond donors (Lipinski definition) is 1. The third-order valence-electron chi connectivity index (χ3n) is 6.39. The minimum absolute atomic E-state index is 0.135. The molecule has 0 aliphatic carbocycles. The molecule has 2 aliphatic heterocycles. The highest BCUT2D eigenvalue weighted by Gasteiger charge is 2.23. The van der Waals surface area contributed by atoms with Crippen molar-refractivity contribution < 1.29 is 14.6 Å². The van der Waals surface area contributed by atoms with E-state index in [9.17, 15) is 9.90 Å². The van der Waals surface area contributed by atoms with Crippen LogP contribution in [-0.4, -0.2) is 55.3 Å². The van der Waals surface area contributed by atoms with Crippen molar-refractivity contribution in [2.75, 3.05) is 38.2 Å². The fourth-order valence-corrected chi connectivity index (χ4v) is 4.56. The fraction of sp³-hybridized carbons (Fsp3) is 0.480. The SMILES string of the molecule is CN1C(=O)CCc2ccc(OCC(O)CN3CCC(Cc4ccccc4)CC3)cc21. The van der Waals surface area contributed by atoms with Crippen molar-refractivity contribution in [2.45, 2.75) is 38.2 Å². The Morgan fingerprint density at radius 2 is 1.87 bits per heavy atom. The number of aliphatic hydroxyl groups is 1. The predicted molar refractivity (Wildman–Crippen MR) is 119 cm³/mol. The summed E-state index contributed by atoms with van der Waals surface area (Å²) in [7, 11) is 1.81. The third-order valence-corrected chi connectivity index (χ3v) is 6.39. The van der Waals surface area contributed by atoms with E-state index in [0.717, 1.165) is 37.5 Å². The maximum atomic E-state index is 11.9. The summed E-state index contributed by atoms with van der Waals surface area (Å²) < 4.78 is 5.84. The standard InChI is InChI=1S/C25H32N2O3/c1-26-24-16-23(9-7-21(24)8-10-25(26)29)30-18-22(28)17-27-13-11-20(12-14-27)15-19-5-3-2-4-6-19/h2-7,9,16,20,22,28H,8,10-15,17-18H2,1H3. The number of anilines is 1. The summed E-state index contributed by atoms with van der Waals surface area (Å²) in [6, 6.07) is 16.6. The minimum Gasteiger partial charge on any atom is -0.491 e. The maximum absolute atomic E-state index is 11.9. The average Bonchev–Trinajstić information content (AvgIpc) is 2.77. The van der Waals surface area contributed by atoms with Crippen LogP contribution >= 0.6 is 0 Å². The van der Waals surface area contributed by atoms with Gasteiger partial charge < -0.3 is 19.6 Å². The van der Waals surface area contributed by atoms with Crippen molar-refractivity contribution >= 4 is 11.6 Å². The lowest BCUT2D eigenvalue weighted by molar-refractivity contribution is -0.118. The number of benzene rings is 2. The Morgan fingerprint density at radius 3 is 2.63 bits per heavy atom. The van der Waals surface area contributed by atoms with Gasteiger partial charge in [-0.25, -0.2) is 0 Å². The quantitative estimate of drug-likeness (QED) is 0.764. The first-order chi connectivity index (χ1) is 14.6. The molecule has 1 amide bonds. The van der Waals surface area contributed by atoms with Gasteiger partial charge in [0.1, 0.15) is 18.5 Å². The van der Waals surface area contributed by atoms with Crippen LogP contribution in [0, 0.1) is 5.92 Å². The van der Waals surface area contributed by atoms with Crippen molar-refractivity contribution in [3.05, 3.63) is 59.7 Å². The Balaban J connectivity index is 1.21. The molecule has 1 saturated heterocycles. The number of carbonyl (C=O) groups is 1. The second-order valence-corrected chi connectivity index (χ2v) is 8.64. The van der Waals surface area contributed by atoms with Crippen molar-refractivity contribution in [2.24, 2.45) is 5.92 Å². The molecule has 0 aromatic heterocycles. The molecule has 0 saturated carbocycles. The van der Waals surface area contributed by atoms with Gasteiger partial charge in [-0.3, -0.25) is 4.79 Å². The molecule has 160 valence electrons. The van der Waals surface area contributed by atoms with Crippen LogP contribution in [0.3, 0.4) is 0 Å². The van der Waals surface area contributed by atoms with Crippen LogP contribution in [-0.2, 0) is 17.6 Å². The van der Waals surface area contributed by atoms with Gasteiger partial charge in [-0.15, -0.1) is 0 Å². The number of carbonyl (C=O) groups excluding carboxylic acids is 1. The molecular formula is C25H32N2O3. The number of aliphatic hydroxyl groups excluding tert-OH is 1. The number of piperidine rings is 1. The molecule has 0 spiro atoms. The van der Waals surface area contributed by atoms with E-state index in [-0.39, 0.29) is 12.5 Å². The molecule has 0 radical (unpaired) electrons. The van der Waals surface area contributed by atoms with Gasteiger partial charge >= 0.3 is 0 Å². The average molecular weight is 409 g/mol. The van der Waals surface area contributed by atoms with Crippen molar-refractivity contribution in [3.63, 3.8) is 0 Å². The van der Waals surface area contributed by atoms with Gasteiger partial charge in [0.05, 0.1) is 5.69 Å². The van der Waals surface area contributed by atoms with Crippen molar-refractivity contribution in [3.8, 4) is 5.75 Å². The summed E-state index contributed by atoms with van der Waals surface area (Å²) in [5.74, 6) is 1.57. The van der Waals surface area contributed by atoms with Gasteiger partial charge in [0.25, 0.3) is 0 Å². The number of β-amino-alcohol motifs (C(OH)–C–C–N with tert-alkyl or cyclic N) is 1. The number of amides is 1. The van der Waals surface area contributed by atoms with Gasteiger partial charge in [-0.1, -0.05) is 36.4 Å². The zero-order valence-corrected chi connectivity index (χ0v) is 17.8. The number of fused-ring (bicyclic) bond motifs is 1. The predicted octanol–water partition coefficient (Wildman–Crippen LogP) is 3.29. The summed E-state index contributed by atoms with van der Waals surface area (Å²) in [4.78, 5) is 16.0. The zero-order valence-electron chi connectivity index (χ0n) is 17.8. The Hall–Kier alpha value is -2.37. The van der Waals surface area contributed by atoms with Crippen molar-refractivity contribution in [1.29, 1.82) is 0 Å². The maximum Gasteiger partial charge on any atom is 0.227 e. The van der Waals surface area contributed by atoms with Crippen LogP contribution in [0.15, 0.2) is 48.5 Å². The van der Waals surface area contributed by atoms with E-state index in [1.165, 1.54) is 24.0 Å². The van der Waals surface area contributed by atoms with Crippen LogP contribution in [0.25, 0.3) is 0 Å². The lowest BCUT2D eigenvalue weighted by Gasteiger charge is -2.33. The highest BCUT2D eigenvalue weighted by atomic mass is 16.5. The summed E-state index contributed by atoms with van der Waals surface area (Å²) in [5, 5.41) is 10.5. The highest BCUT2D eigenvalue weighted by molar-refractivity contribution is 5.96. The molecule has 5 nitrogen and oxygen atoms in total. The smallest absolute Gasteiger partial charge is 0.227 e. The monoisotopic (exact) mass is 408 g/mol. The van der Waals surface area contributed by atoms with Crippen molar-refractivity contribution in [1.82, 2.24) is 4.90 Å². The summed E-state index contributed by atoms with van der Waals surface area (Å²) >= 11 is 0. The largest absolute Gasteiger partial charge is 0.491 e. The van der Waals surface area contributed by atoms with Gasteiger partial charge in [0, 0.05) is 26.1 Å². The summed E-state index contributed by atoms with van der Waals surface area (Å²) in [5.41, 5.74) is 3.50. The molecule has 1 fully saturated rings. The first-order valence-electron chi connectivity index (χ1n) is 11.0. The van der Waals surface area contributed by atoms with Crippen LogP contribution in [0.4, 0.5) is 5.69 Å². The second kappa shape index (κ2) is 9.63. The van der Waals surface area contributed by atoms with Crippen LogP contribution < -0.4 is 9.64 Å². The number of ether oxygens (including phenoxy) is 1. The summed E-state index contributed by atoms with van der Waals surface area (Å²) in [6.07, 6.45) is 4.31. The number of hydrogen-bond acceptors (Lipinski definition) is 4. The molecule has 4 rings (SSSR count). The Morgan fingerprint density at radius 1 is 1.10 bits per heavy atom. The van der Waals surface area contributed by atoms with E-state index in [0.29, 0.717) is 18.7 Å². The first-order valence-corrected chi connectivity index (χ1v) is 11.0. The highest BCUT2D eigenvalue weighted by Crippen LogP contribution is 2.30. The van der Waals surface area contributed by atoms with E-state index < -0.39 is 6.10 Å². The molecular weight excluding hydrogens is 376 g/mol. The molecule has 2 aromatic rings. The van der Waals surface area contributed by atoms with E-state index in [4.69, 9.17) is 4.74 Å². The second-order valence-electron chi connectivity index (χ2n) is 8.64. The van der Waals surface area contributed by atoms with Gasteiger partial charge in [-0.05, 0) is 61.9 Å². The lowest BCUT2D eigenvalue weighted by Crippen LogP contribution is -2.41. The first kappa shape index (κ1) is 20.9. The Kier molecular flexibility index (Phi) is 6.70. The van der Waals surface area contributed by atoms with E-state index in [2.05, 4.69) is 35.2 Å². The minimum atomic E-state index is -0.522. The normalized spacial score (nSPS) is 18.9. The molecule has 5 heteroatoms. The molecule has 2 heterocycles. The number of nitrogens with zero attached hydrogens (tertiary/aromatic N) is 2. The van der Waals surface area contributed by atoms with Gasteiger partial charge in [0.15, 0.2) is 0 Å². The van der Waals surface area contributed by atoms with E-state index in [1.807, 2.05) is 18.2 Å². The van der Waals surface area contributed by atoms with Crippen LogP contribution in [0.2, 0.25) is 0 Å². The topological polar surface area (TPSA) is 53.0 Å². The molecule has 1 atom stereocenters. The number of likely N-dealkylation sites (tertiary alicyclic amines) is 1. The number of aryl methyl sites for hydroxylation is 1. The molecule has 30 heavy (non-hydrogen) atoms. The Labute approximate surface area is 179 Å². The lowest BCUT2D eigenvalue weighted by atomic mass is 9.90. The Bertz CT molecular complexity index is 847. The third kappa shape index (κ3) is 5.21. The van der Waals surface area contributed by atoms with Gasteiger partial charge in [-0.2, -0.15) is 0 Å². The molecule has 1 unspecified atom stereocenters. The van der Waals surface area contributed by atoms with Gasteiger partial charge in [0.2, 0.25) is 5.91 Å². The fourth-order valence-electron chi connectivity index (χ4n) is 4.56. The molecule has 1 N–H and O–H groups in total. The van der Waals surface area contributed by atoms with Crippen LogP contribution in [0.5, 0.6) is 5.75 Å². The molecule has 0 bridgehead atoms. The van der Waals surface area contributed by atoms with Crippen LogP contribution in [0.1, 0.15) is 30.4 Å². The zero-order chi connectivity index (χ0) is 20.9. The molecule has 2 aliphatic rings. The molecule has 2 aromatic carbocycles. The van der Waals surface area contributed by atoms with E-state index in [1.54, 1.807) is 11.9 Å². The number of rotatable bonds is 7.